The van der Waals surface area contributed by atoms with Crippen molar-refractivity contribution in [3.8, 4) is 0 Å². The van der Waals surface area contributed by atoms with Crippen LogP contribution in [0.1, 0.15) is 65.5 Å². The van der Waals surface area contributed by atoms with Gasteiger partial charge in [-0.1, -0.05) is 6.42 Å². The number of aromatic nitrogens is 2. The minimum absolute atomic E-state index is 0.00877. The number of nitrogens with zero attached hydrogens (tertiary/aromatic N) is 1. The van der Waals surface area contributed by atoms with Crippen molar-refractivity contribution in [1.82, 2.24) is 9.97 Å². The topological polar surface area (TPSA) is 72.0 Å². The van der Waals surface area contributed by atoms with Gasteiger partial charge < -0.3 is 9.72 Å². The largest absolute Gasteiger partial charge is 0.458 e. The Morgan fingerprint density at radius 2 is 2.09 bits per heavy atom. The van der Waals surface area contributed by atoms with Gasteiger partial charge in [0.25, 0.3) is 5.56 Å². The van der Waals surface area contributed by atoms with Gasteiger partial charge in [-0.2, -0.15) is 0 Å². The summed E-state index contributed by atoms with van der Waals surface area (Å²) < 4.78 is 5.61. The van der Waals surface area contributed by atoms with Gasteiger partial charge in [-0.25, -0.2) is 9.78 Å². The average molecular weight is 355 g/mol. The van der Waals surface area contributed by atoms with E-state index in [9.17, 15) is 9.59 Å². The zero-order chi connectivity index (χ0) is 16.6. The first-order valence-corrected chi connectivity index (χ1v) is 9.11. The molecule has 2 heterocycles. The number of esters is 1. The molecule has 1 unspecified atom stereocenters. The number of fused-ring (bicyclic) bond motifs is 1. The summed E-state index contributed by atoms with van der Waals surface area (Å²) in [5.74, 6) is 0.0647. The van der Waals surface area contributed by atoms with E-state index < -0.39 is 5.38 Å². The Hall–Kier alpha value is -1.40. The van der Waals surface area contributed by atoms with Crippen LogP contribution in [0.15, 0.2) is 4.79 Å². The van der Waals surface area contributed by atoms with Crippen molar-refractivity contribution in [2.75, 3.05) is 0 Å². The number of alkyl halides is 1. The Balaban J connectivity index is 1.94. The predicted molar refractivity (Wildman–Crippen MR) is 91.5 cm³/mol. The van der Waals surface area contributed by atoms with Crippen LogP contribution in [0.25, 0.3) is 10.2 Å². The van der Waals surface area contributed by atoms with Gasteiger partial charge in [0.15, 0.2) is 0 Å². The van der Waals surface area contributed by atoms with Crippen molar-refractivity contribution in [3.05, 3.63) is 26.6 Å². The molecule has 2 aromatic rings. The van der Waals surface area contributed by atoms with Crippen molar-refractivity contribution in [1.29, 1.82) is 0 Å². The van der Waals surface area contributed by atoms with Crippen LogP contribution in [0.3, 0.4) is 0 Å². The first-order valence-electron chi connectivity index (χ1n) is 7.85. The van der Waals surface area contributed by atoms with Crippen LogP contribution < -0.4 is 5.56 Å². The van der Waals surface area contributed by atoms with Crippen LogP contribution in [0.4, 0.5) is 0 Å². The standard InChI is InChI=1S/C16H19ClN2O3S/c1-8-11-14(20)18-13(9(2)17)19-15(11)23-12(8)16(21)22-10-6-4-3-5-7-10/h9-10H,3-7H2,1-2H3,(H,18,19,20). The molecule has 0 aliphatic heterocycles. The Labute approximate surface area is 143 Å². The highest BCUT2D eigenvalue weighted by Crippen LogP contribution is 2.30. The number of nitrogens with one attached hydrogen (secondary N) is 1. The minimum atomic E-state index is -0.396. The molecule has 1 aliphatic rings. The number of H-pyrrole nitrogens is 1. The number of ether oxygens (including phenoxy) is 1. The maximum atomic E-state index is 12.5. The highest BCUT2D eigenvalue weighted by atomic mass is 35.5. The SMILES string of the molecule is Cc1c(C(=O)OC2CCCCC2)sc2nc(C(C)Cl)[nH]c(=O)c12. The Morgan fingerprint density at radius 3 is 2.74 bits per heavy atom. The summed E-state index contributed by atoms with van der Waals surface area (Å²) in [4.78, 5) is 32.7. The first kappa shape index (κ1) is 16.5. The number of aromatic amines is 1. The molecule has 0 amide bonds. The van der Waals surface area contributed by atoms with E-state index in [1.54, 1.807) is 13.8 Å². The van der Waals surface area contributed by atoms with E-state index in [1.807, 2.05) is 0 Å². The lowest BCUT2D eigenvalue weighted by atomic mass is 9.98. The van der Waals surface area contributed by atoms with E-state index in [-0.39, 0.29) is 17.6 Å². The fourth-order valence-corrected chi connectivity index (χ4v) is 4.11. The van der Waals surface area contributed by atoms with Crippen LogP contribution in [0, 0.1) is 6.92 Å². The summed E-state index contributed by atoms with van der Waals surface area (Å²) in [7, 11) is 0. The van der Waals surface area contributed by atoms with E-state index in [1.165, 1.54) is 17.8 Å². The number of aryl methyl sites for hydroxylation is 1. The quantitative estimate of drug-likeness (QED) is 0.665. The van der Waals surface area contributed by atoms with Crippen molar-refractivity contribution in [3.63, 3.8) is 0 Å². The lowest BCUT2D eigenvalue weighted by molar-refractivity contribution is 0.0216. The summed E-state index contributed by atoms with van der Waals surface area (Å²) >= 11 is 7.20. The van der Waals surface area contributed by atoms with Crippen molar-refractivity contribution < 1.29 is 9.53 Å². The highest BCUT2D eigenvalue weighted by Gasteiger charge is 2.24. The molecule has 0 saturated heterocycles. The van der Waals surface area contributed by atoms with Crippen molar-refractivity contribution in [2.45, 2.75) is 57.4 Å². The van der Waals surface area contributed by atoms with Gasteiger partial charge in [0, 0.05) is 0 Å². The molecule has 1 atom stereocenters. The monoisotopic (exact) mass is 354 g/mol. The first-order chi connectivity index (χ1) is 11.0. The zero-order valence-corrected chi connectivity index (χ0v) is 14.7. The number of hydrogen-bond acceptors (Lipinski definition) is 5. The van der Waals surface area contributed by atoms with Gasteiger partial charge in [0.05, 0.1) is 10.8 Å². The van der Waals surface area contributed by atoms with E-state index >= 15 is 0 Å². The Kier molecular flexibility index (Phi) is 4.73. The Bertz CT molecular complexity index is 790. The smallest absolute Gasteiger partial charge is 0.348 e. The number of carbonyl (C=O) groups excluding carboxylic acids is 1. The molecule has 0 bridgehead atoms. The summed E-state index contributed by atoms with van der Waals surface area (Å²) in [5.41, 5.74) is 0.372. The average Bonchev–Trinajstić information content (AvgIpc) is 2.85. The molecule has 124 valence electrons. The molecule has 3 rings (SSSR count). The molecule has 23 heavy (non-hydrogen) atoms. The molecule has 7 heteroatoms. The highest BCUT2D eigenvalue weighted by molar-refractivity contribution is 7.20. The second kappa shape index (κ2) is 6.61. The number of rotatable bonds is 3. The van der Waals surface area contributed by atoms with E-state index in [4.69, 9.17) is 16.3 Å². The maximum Gasteiger partial charge on any atom is 0.348 e. The molecule has 0 spiro atoms. The van der Waals surface area contributed by atoms with Gasteiger partial charge >= 0.3 is 5.97 Å². The van der Waals surface area contributed by atoms with Crippen molar-refractivity contribution in [2.24, 2.45) is 0 Å². The summed E-state index contributed by atoms with van der Waals surface area (Å²) in [6.45, 7) is 3.50. The fraction of sp³-hybridized carbons (Fsp3) is 0.562. The van der Waals surface area contributed by atoms with Gasteiger partial charge in [0.1, 0.15) is 21.6 Å². The van der Waals surface area contributed by atoms with Crippen LogP contribution >= 0.6 is 22.9 Å². The summed E-state index contributed by atoms with van der Waals surface area (Å²) in [6, 6.07) is 0. The van der Waals surface area contributed by atoms with E-state index in [0.717, 1.165) is 25.7 Å². The molecule has 5 nitrogen and oxygen atoms in total. The third-order valence-electron chi connectivity index (χ3n) is 4.21. The third-order valence-corrected chi connectivity index (χ3v) is 5.58. The van der Waals surface area contributed by atoms with Gasteiger partial charge in [-0.15, -0.1) is 22.9 Å². The molecule has 1 fully saturated rings. The molecule has 1 aliphatic carbocycles. The second-order valence-corrected chi connectivity index (χ2v) is 7.62. The lowest BCUT2D eigenvalue weighted by Crippen LogP contribution is -2.20. The summed E-state index contributed by atoms with van der Waals surface area (Å²) in [5, 5.41) is 0.0545. The summed E-state index contributed by atoms with van der Waals surface area (Å²) in [6.07, 6.45) is 5.23. The van der Waals surface area contributed by atoms with Crippen LogP contribution in [-0.4, -0.2) is 22.0 Å². The molecule has 2 aromatic heterocycles. The molecular formula is C16H19ClN2O3S. The van der Waals surface area contributed by atoms with E-state index in [0.29, 0.717) is 26.5 Å². The molecule has 1 N–H and O–H groups in total. The van der Waals surface area contributed by atoms with Crippen LogP contribution in [0.5, 0.6) is 0 Å². The molecule has 1 saturated carbocycles. The molecule has 0 aromatic carbocycles. The van der Waals surface area contributed by atoms with Gasteiger partial charge in [-0.3, -0.25) is 4.79 Å². The van der Waals surface area contributed by atoms with Crippen molar-refractivity contribution >= 4 is 39.1 Å². The molecular weight excluding hydrogens is 336 g/mol. The maximum absolute atomic E-state index is 12.5. The normalized spacial score (nSPS) is 17.3. The van der Waals surface area contributed by atoms with Crippen LogP contribution in [0.2, 0.25) is 0 Å². The Morgan fingerprint density at radius 1 is 1.39 bits per heavy atom. The second-order valence-electron chi connectivity index (χ2n) is 5.97. The lowest BCUT2D eigenvalue weighted by Gasteiger charge is -2.21. The fourth-order valence-electron chi connectivity index (χ4n) is 2.93. The van der Waals surface area contributed by atoms with E-state index in [2.05, 4.69) is 9.97 Å². The number of hydrogen-bond donors (Lipinski definition) is 1. The number of halogens is 1. The van der Waals surface area contributed by atoms with Crippen LogP contribution in [-0.2, 0) is 4.74 Å². The minimum Gasteiger partial charge on any atom is -0.458 e. The predicted octanol–water partition coefficient (Wildman–Crippen LogP) is 4.08. The van der Waals surface area contributed by atoms with Gasteiger partial charge in [0.2, 0.25) is 0 Å². The number of carbonyl (C=O) groups is 1. The zero-order valence-electron chi connectivity index (χ0n) is 13.1. The molecule has 0 radical (unpaired) electrons. The number of thiophene rings is 1. The third kappa shape index (κ3) is 3.28. The van der Waals surface area contributed by atoms with Gasteiger partial charge in [-0.05, 0) is 45.1 Å².